The molecule has 0 spiro atoms. The molecule has 3 atom stereocenters. The van der Waals surface area contributed by atoms with Gasteiger partial charge in [0.2, 0.25) is 5.91 Å². The first-order chi connectivity index (χ1) is 30.0. The van der Waals surface area contributed by atoms with Crippen molar-refractivity contribution < 1.29 is 24.5 Å². The van der Waals surface area contributed by atoms with Gasteiger partial charge in [0, 0.05) is 6.42 Å². The summed E-state index contributed by atoms with van der Waals surface area (Å²) in [6, 6.07) is -0.704. The highest BCUT2D eigenvalue weighted by atomic mass is 16.5. The number of nitrogens with one attached hydrogen (secondary N) is 1. The molecule has 3 N–H and O–H groups in total. The molecule has 0 aliphatic carbocycles. The predicted molar refractivity (Wildman–Crippen MR) is 264 cm³/mol. The van der Waals surface area contributed by atoms with Crippen LogP contribution < -0.4 is 5.32 Å². The molecule has 0 heterocycles. The Labute approximate surface area is 380 Å². The molecular weight excluding hydrogens is 755 g/mol. The van der Waals surface area contributed by atoms with Crippen molar-refractivity contribution in [3.63, 3.8) is 0 Å². The van der Waals surface area contributed by atoms with Crippen LogP contribution in [0.5, 0.6) is 0 Å². The van der Waals surface area contributed by atoms with E-state index in [4.69, 9.17) is 4.74 Å². The van der Waals surface area contributed by atoms with Crippen LogP contribution in [-0.2, 0) is 14.3 Å². The maximum atomic E-state index is 13.2. The molecule has 0 radical (unpaired) electrons. The number of aliphatic hydroxyl groups is 2. The Bertz CT molecular complexity index is 966. The number of rotatable bonds is 49. The van der Waals surface area contributed by atoms with Crippen molar-refractivity contribution in [2.45, 2.75) is 309 Å². The fourth-order valence-corrected chi connectivity index (χ4v) is 8.36. The van der Waals surface area contributed by atoms with Gasteiger partial charge in [-0.3, -0.25) is 9.59 Å². The summed E-state index contributed by atoms with van der Waals surface area (Å²) in [5.74, 6) is -0.486. The van der Waals surface area contributed by atoms with Gasteiger partial charge in [-0.1, -0.05) is 225 Å². The quantitative estimate of drug-likeness (QED) is 0.0322. The smallest absolute Gasteiger partial charge is 0.306 e. The van der Waals surface area contributed by atoms with Crippen LogP contribution in [0.25, 0.3) is 0 Å². The third kappa shape index (κ3) is 44.7. The number of ether oxygens (including phenoxy) is 1. The van der Waals surface area contributed by atoms with Gasteiger partial charge in [-0.25, -0.2) is 0 Å². The van der Waals surface area contributed by atoms with Crippen LogP contribution in [0.15, 0.2) is 24.3 Å². The maximum Gasteiger partial charge on any atom is 0.306 e. The van der Waals surface area contributed by atoms with Gasteiger partial charge < -0.3 is 20.3 Å². The molecule has 0 aromatic rings. The van der Waals surface area contributed by atoms with Crippen LogP contribution in [0.1, 0.15) is 290 Å². The third-order valence-corrected chi connectivity index (χ3v) is 12.5. The molecule has 0 bridgehead atoms. The normalized spacial score (nSPS) is 13.3. The number of carbonyl (C=O) groups is 2. The summed E-state index contributed by atoms with van der Waals surface area (Å²) in [5, 5.41) is 23.8. The molecule has 0 aliphatic heterocycles. The van der Waals surface area contributed by atoms with Crippen LogP contribution >= 0.6 is 0 Å². The van der Waals surface area contributed by atoms with Crippen molar-refractivity contribution >= 4 is 11.9 Å². The van der Waals surface area contributed by atoms with Gasteiger partial charge in [-0.2, -0.15) is 0 Å². The number of hydrogen-bond acceptors (Lipinski definition) is 5. The first-order valence-electron chi connectivity index (χ1n) is 27.1. The highest BCUT2D eigenvalue weighted by Crippen LogP contribution is 2.18. The second kappa shape index (κ2) is 49.4. The molecule has 0 aromatic carbocycles. The SMILES string of the molecule is CCCCCCCCC/C=C/CCCCCCCC(=O)OC(CCCCC/C=C/CCCCCCCCC)CC(=O)NC(CO)C(O)CCCCCCCCCCCCCC. The number of allylic oxidation sites excluding steroid dienone is 4. The maximum absolute atomic E-state index is 13.2. The van der Waals surface area contributed by atoms with Crippen molar-refractivity contribution in [1.82, 2.24) is 5.32 Å². The Morgan fingerprint density at radius 3 is 1.18 bits per heavy atom. The summed E-state index contributed by atoms with van der Waals surface area (Å²) in [6.07, 6.45) is 56.7. The molecule has 360 valence electrons. The fourth-order valence-electron chi connectivity index (χ4n) is 8.36. The van der Waals surface area contributed by atoms with Gasteiger partial charge in [0.25, 0.3) is 0 Å². The summed E-state index contributed by atoms with van der Waals surface area (Å²) in [5.41, 5.74) is 0. The zero-order valence-electron chi connectivity index (χ0n) is 41.1. The van der Waals surface area contributed by atoms with E-state index in [-0.39, 0.29) is 24.9 Å². The number of unbranched alkanes of at least 4 members (excludes halogenated alkanes) is 33. The average molecular weight is 860 g/mol. The number of esters is 1. The minimum atomic E-state index is -0.789. The van der Waals surface area contributed by atoms with Crippen molar-refractivity contribution in [2.24, 2.45) is 0 Å². The number of carbonyl (C=O) groups excluding carboxylic acids is 2. The van der Waals surface area contributed by atoms with Gasteiger partial charge in [0.15, 0.2) is 0 Å². The minimum absolute atomic E-state index is 0.0678. The molecule has 0 rings (SSSR count). The average Bonchev–Trinajstić information content (AvgIpc) is 3.25. The second-order valence-corrected chi connectivity index (χ2v) is 18.6. The van der Waals surface area contributed by atoms with E-state index in [1.807, 2.05) is 0 Å². The van der Waals surface area contributed by atoms with Crippen LogP contribution in [0.3, 0.4) is 0 Å². The van der Waals surface area contributed by atoms with E-state index < -0.39 is 18.2 Å². The molecule has 6 heteroatoms. The number of amides is 1. The Morgan fingerprint density at radius 1 is 0.459 bits per heavy atom. The summed E-state index contributed by atoms with van der Waals surface area (Å²) in [6.45, 7) is 6.49. The summed E-state index contributed by atoms with van der Waals surface area (Å²) in [4.78, 5) is 26.2. The molecule has 3 unspecified atom stereocenters. The zero-order valence-corrected chi connectivity index (χ0v) is 41.1. The summed E-state index contributed by atoms with van der Waals surface area (Å²) < 4.78 is 5.94. The lowest BCUT2D eigenvalue weighted by Crippen LogP contribution is -2.46. The summed E-state index contributed by atoms with van der Waals surface area (Å²) >= 11 is 0. The van der Waals surface area contributed by atoms with Crippen molar-refractivity contribution in [3.05, 3.63) is 24.3 Å². The first kappa shape index (κ1) is 59.3. The van der Waals surface area contributed by atoms with Gasteiger partial charge in [-0.05, 0) is 77.0 Å². The highest BCUT2D eigenvalue weighted by Gasteiger charge is 2.24. The van der Waals surface area contributed by atoms with E-state index in [9.17, 15) is 19.8 Å². The molecule has 0 saturated heterocycles. The van der Waals surface area contributed by atoms with Gasteiger partial charge in [0.05, 0.1) is 25.2 Å². The van der Waals surface area contributed by atoms with E-state index in [0.717, 1.165) is 64.2 Å². The van der Waals surface area contributed by atoms with Crippen molar-refractivity contribution in [3.8, 4) is 0 Å². The Kier molecular flexibility index (Phi) is 48.0. The minimum Gasteiger partial charge on any atom is -0.462 e. The molecule has 0 saturated carbocycles. The molecule has 6 nitrogen and oxygen atoms in total. The van der Waals surface area contributed by atoms with Crippen LogP contribution in [0.4, 0.5) is 0 Å². The lowest BCUT2D eigenvalue weighted by Gasteiger charge is -2.24. The highest BCUT2D eigenvalue weighted by molar-refractivity contribution is 5.77. The van der Waals surface area contributed by atoms with E-state index in [0.29, 0.717) is 19.3 Å². The Hall–Kier alpha value is -1.66. The molecule has 1 amide bonds. The lowest BCUT2D eigenvalue weighted by molar-refractivity contribution is -0.151. The molecule has 0 fully saturated rings. The molecule has 0 aromatic heterocycles. The summed E-state index contributed by atoms with van der Waals surface area (Å²) in [7, 11) is 0. The van der Waals surface area contributed by atoms with Gasteiger partial charge in [0.1, 0.15) is 6.10 Å². The van der Waals surface area contributed by atoms with E-state index in [1.54, 1.807) is 0 Å². The number of hydrogen-bond donors (Lipinski definition) is 3. The molecule has 61 heavy (non-hydrogen) atoms. The van der Waals surface area contributed by atoms with Crippen LogP contribution in [0, 0.1) is 0 Å². The number of aliphatic hydroxyl groups excluding tert-OH is 2. The topological polar surface area (TPSA) is 95.9 Å². The standard InChI is InChI=1S/C55H105NO5/c1-4-7-10-13-16-19-22-25-27-28-30-33-36-39-42-45-48-55(60)61-51(46-43-40-37-34-31-29-26-23-20-17-14-11-8-5-2)49-54(59)56-52(50-57)53(58)47-44-41-38-35-32-24-21-18-15-12-9-6-3/h27-29,31,51-53,57-58H,4-26,30,32-50H2,1-3H3,(H,56,59)/b28-27+,31-29+. The second-order valence-electron chi connectivity index (χ2n) is 18.6. The van der Waals surface area contributed by atoms with E-state index in [1.165, 1.54) is 180 Å². The largest absolute Gasteiger partial charge is 0.462 e. The molecular formula is C55H105NO5. The Morgan fingerprint density at radius 2 is 0.787 bits per heavy atom. The van der Waals surface area contributed by atoms with Crippen molar-refractivity contribution in [1.29, 1.82) is 0 Å². The fraction of sp³-hybridized carbons (Fsp3) is 0.891. The van der Waals surface area contributed by atoms with Crippen LogP contribution in [-0.4, -0.2) is 46.9 Å². The van der Waals surface area contributed by atoms with E-state index in [2.05, 4.69) is 50.4 Å². The monoisotopic (exact) mass is 860 g/mol. The van der Waals surface area contributed by atoms with Crippen molar-refractivity contribution in [2.75, 3.05) is 6.61 Å². The lowest BCUT2D eigenvalue weighted by atomic mass is 10.0. The third-order valence-electron chi connectivity index (χ3n) is 12.5. The van der Waals surface area contributed by atoms with Crippen LogP contribution in [0.2, 0.25) is 0 Å². The van der Waals surface area contributed by atoms with Gasteiger partial charge in [-0.15, -0.1) is 0 Å². The first-order valence-corrected chi connectivity index (χ1v) is 27.1. The zero-order chi connectivity index (χ0) is 44.5. The Balaban J connectivity index is 4.57. The predicted octanol–water partition coefficient (Wildman–Crippen LogP) is 16.3. The van der Waals surface area contributed by atoms with E-state index >= 15 is 0 Å². The molecule has 0 aliphatic rings. The van der Waals surface area contributed by atoms with Gasteiger partial charge >= 0.3 is 5.97 Å².